The fourth-order valence-corrected chi connectivity index (χ4v) is 1.25. The van der Waals surface area contributed by atoms with Crippen LogP contribution in [-0.4, -0.2) is 11.9 Å². The lowest BCUT2D eigenvalue weighted by atomic mass is 10.3. The number of thiophene rings is 1. The van der Waals surface area contributed by atoms with Gasteiger partial charge in [-0.1, -0.05) is 6.07 Å². The van der Waals surface area contributed by atoms with Crippen LogP contribution in [0.4, 0.5) is 13.2 Å². The molecule has 0 spiro atoms. The van der Waals surface area contributed by atoms with Gasteiger partial charge in [-0.05, 0) is 11.4 Å². The molecule has 1 aromatic heterocycles. The fourth-order valence-electron chi connectivity index (χ4n) is 0.561. The zero-order valence-electron chi connectivity index (χ0n) is 5.27. The molecule has 0 aliphatic rings. The van der Waals surface area contributed by atoms with Gasteiger partial charge in [0.05, 0.1) is 4.88 Å². The number of hydrogen-bond acceptors (Lipinski definition) is 2. The normalized spacial score (nSPS) is 11.5. The Kier molecular flexibility index (Phi) is 1.99. The highest BCUT2D eigenvalue weighted by molar-refractivity contribution is 7.12. The molecule has 1 N–H and O–H groups in total. The highest BCUT2D eigenvalue weighted by Crippen LogP contribution is 2.23. The van der Waals surface area contributed by atoms with Gasteiger partial charge in [0, 0.05) is 0 Å². The zero-order valence-corrected chi connectivity index (χ0v) is 6.09. The van der Waals surface area contributed by atoms with Gasteiger partial charge in [-0.25, -0.2) is 0 Å². The molecule has 0 bridgehead atoms. The number of nitrogens with one attached hydrogen (secondary N) is 1. The summed E-state index contributed by atoms with van der Waals surface area (Å²) < 4.78 is 35.4. The molecule has 0 atom stereocenters. The maximum absolute atomic E-state index is 11.8. The highest BCUT2D eigenvalue weighted by Gasteiger charge is 2.35. The summed E-state index contributed by atoms with van der Waals surface area (Å²) in [4.78, 5) is -0.0440. The van der Waals surface area contributed by atoms with Crippen LogP contribution in [0.2, 0.25) is 0 Å². The van der Waals surface area contributed by atoms with Crippen LogP contribution in [-0.2, 0) is 0 Å². The van der Waals surface area contributed by atoms with E-state index in [0.717, 1.165) is 11.3 Å². The van der Waals surface area contributed by atoms with Gasteiger partial charge in [0.1, 0.15) is 0 Å². The Morgan fingerprint density at radius 3 is 2.45 bits per heavy atom. The summed E-state index contributed by atoms with van der Waals surface area (Å²) in [6, 6.07) is 2.76. The quantitative estimate of drug-likeness (QED) is 0.641. The Balaban J connectivity index is 2.88. The highest BCUT2D eigenvalue weighted by atomic mass is 32.1. The van der Waals surface area contributed by atoms with Crippen LogP contribution in [0.5, 0.6) is 0 Å². The van der Waals surface area contributed by atoms with E-state index in [1.807, 2.05) is 0 Å². The Hall–Kier alpha value is -0.840. The van der Waals surface area contributed by atoms with Gasteiger partial charge in [0.25, 0.3) is 0 Å². The second-order valence-corrected chi connectivity index (χ2v) is 2.80. The summed E-state index contributed by atoms with van der Waals surface area (Å²) in [7, 11) is 0. The summed E-state index contributed by atoms with van der Waals surface area (Å²) >= 11 is 0.913. The lowest BCUT2D eigenvalue weighted by Crippen LogP contribution is -2.21. The number of halogens is 3. The van der Waals surface area contributed by atoms with Crippen molar-refractivity contribution in [3.63, 3.8) is 0 Å². The second kappa shape index (κ2) is 2.65. The average molecular weight is 179 g/mol. The molecule has 1 nitrogen and oxygen atoms in total. The number of alkyl halides is 3. The van der Waals surface area contributed by atoms with E-state index in [2.05, 4.69) is 0 Å². The molecule has 60 valence electrons. The minimum atomic E-state index is -4.52. The number of rotatable bonds is 1. The minimum Gasteiger partial charge on any atom is -0.295 e. The first-order chi connectivity index (χ1) is 5.02. The predicted octanol–water partition coefficient (Wildman–Crippen LogP) is 2.68. The van der Waals surface area contributed by atoms with E-state index >= 15 is 0 Å². The van der Waals surface area contributed by atoms with Gasteiger partial charge in [0.15, 0.2) is 5.71 Å². The van der Waals surface area contributed by atoms with Gasteiger partial charge in [-0.15, -0.1) is 11.3 Å². The first-order valence-corrected chi connectivity index (χ1v) is 3.59. The molecule has 5 heteroatoms. The topological polar surface area (TPSA) is 23.9 Å². The fraction of sp³-hybridized carbons (Fsp3) is 0.167. The lowest BCUT2D eigenvalue weighted by molar-refractivity contribution is -0.0586. The Morgan fingerprint density at radius 1 is 1.45 bits per heavy atom. The molecule has 11 heavy (non-hydrogen) atoms. The van der Waals surface area contributed by atoms with Crippen LogP contribution in [0.1, 0.15) is 4.88 Å². The Labute approximate surface area is 65.0 Å². The molecule has 0 saturated carbocycles. The molecule has 1 aromatic rings. The summed E-state index contributed by atoms with van der Waals surface area (Å²) in [6.45, 7) is 0. The molecular weight excluding hydrogens is 175 g/mol. The van der Waals surface area contributed by atoms with Crippen molar-refractivity contribution in [1.82, 2.24) is 0 Å². The van der Waals surface area contributed by atoms with Crippen molar-refractivity contribution in [3.8, 4) is 0 Å². The van der Waals surface area contributed by atoms with Gasteiger partial charge in [-0.3, -0.25) is 5.41 Å². The molecule has 0 amide bonds. The Morgan fingerprint density at radius 2 is 2.09 bits per heavy atom. The summed E-state index contributed by atoms with van der Waals surface area (Å²) in [5, 5.41) is 8.19. The first kappa shape index (κ1) is 8.26. The van der Waals surface area contributed by atoms with E-state index in [-0.39, 0.29) is 4.88 Å². The van der Waals surface area contributed by atoms with Crippen molar-refractivity contribution >= 4 is 17.0 Å². The number of hydrogen-bond donors (Lipinski definition) is 1. The van der Waals surface area contributed by atoms with Crippen LogP contribution >= 0.6 is 11.3 Å². The van der Waals surface area contributed by atoms with Crippen molar-refractivity contribution in [3.05, 3.63) is 22.4 Å². The third-order valence-corrected chi connectivity index (χ3v) is 1.94. The Bertz CT molecular complexity index is 249. The van der Waals surface area contributed by atoms with Crippen molar-refractivity contribution < 1.29 is 13.2 Å². The van der Waals surface area contributed by atoms with E-state index in [9.17, 15) is 13.2 Å². The zero-order chi connectivity index (χ0) is 8.48. The van der Waals surface area contributed by atoms with Crippen molar-refractivity contribution in [2.24, 2.45) is 0 Å². The molecule has 0 aliphatic carbocycles. The van der Waals surface area contributed by atoms with Crippen LogP contribution < -0.4 is 0 Å². The molecule has 0 unspecified atom stereocenters. The molecular formula is C6H4F3NS. The summed E-state index contributed by atoms with van der Waals surface area (Å²) in [5.41, 5.74) is -1.27. The first-order valence-electron chi connectivity index (χ1n) is 2.71. The van der Waals surface area contributed by atoms with E-state index in [4.69, 9.17) is 5.41 Å². The summed E-state index contributed by atoms with van der Waals surface area (Å²) in [5.74, 6) is 0. The maximum atomic E-state index is 11.8. The average Bonchev–Trinajstić information content (AvgIpc) is 2.34. The molecule has 0 aromatic carbocycles. The van der Waals surface area contributed by atoms with Crippen LogP contribution in [0.3, 0.4) is 0 Å². The van der Waals surface area contributed by atoms with Crippen LogP contribution in [0.15, 0.2) is 17.5 Å². The van der Waals surface area contributed by atoms with Crippen molar-refractivity contribution in [2.45, 2.75) is 6.18 Å². The lowest BCUT2D eigenvalue weighted by Gasteiger charge is -2.04. The van der Waals surface area contributed by atoms with E-state index in [1.165, 1.54) is 17.5 Å². The maximum Gasteiger partial charge on any atom is 0.434 e. The molecule has 0 saturated heterocycles. The van der Waals surface area contributed by atoms with Gasteiger partial charge >= 0.3 is 6.18 Å². The van der Waals surface area contributed by atoms with E-state index in [1.54, 1.807) is 0 Å². The monoisotopic (exact) mass is 179 g/mol. The third-order valence-electron chi connectivity index (χ3n) is 1.05. The van der Waals surface area contributed by atoms with Crippen molar-refractivity contribution in [1.29, 1.82) is 5.41 Å². The summed E-state index contributed by atoms with van der Waals surface area (Å²) in [6.07, 6.45) is -4.52. The van der Waals surface area contributed by atoms with E-state index in [0.29, 0.717) is 0 Å². The SMILES string of the molecule is N=C(c1cccs1)C(F)(F)F. The second-order valence-electron chi connectivity index (χ2n) is 1.85. The molecule has 1 rings (SSSR count). The largest absolute Gasteiger partial charge is 0.434 e. The van der Waals surface area contributed by atoms with Gasteiger partial charge in [-0.2, -0.15) is 13.2 Å². The van der Waals surface area contributed by atoms with Crippen LogP contribution in [0.25, 0.3) is 0 Å². The van der Waals surface area contributed by atoms with E-state index < -0.39 is 11.9 Å². The molecule has 0 radical (unpaired) electrons. The van der Waals surface area contributed by atoms with Crippen LogP contribution in [0, 0.1) is 5.41 Å². The molecule has 0 aliphatic heterocycles. The molecule has 0 fully saturated rings. The smallest absolute Gasteiger partial charge is 0.295 e. The molecule has 1 heterocycles. The van der Waals surface area contributed by atoms with Gasteiger partial charge in [0.2, 0.25) is 0 Å². The predicted molar refractivity (Wildman–Crippen MR) is 37.2 cm³/mol. The minimum absolute atomic E-state index is 0.0440. The van der Waals surface area contributed by atoms with Crippen molar-refractivity contribution in [2.75, 3.05) is 0 Å². The van der Waals surface area contributed by atoms with Gasteiger partial charge < -0.3 is 0 Å². The third kappa shape index (κ3) is 1.80. The standard InChI is InChI=1S/C6H4F3NS/c7-6(8,9)5(10)4-2-1-3-11-4/h1-3,10H.